The number of ether oxygens (including phenoxy) is 1. The molecule has 0 radical (unpaired) electrons. The van der Waals surface area contributed by atoms with Crippen LogP contribution in [0.1, 0.15) is 10.4 Å². The highest BCUT2D eigenvalue weighted by molar-refractivity contribution is 7.16. The van der Waals surface area contributed by atoms with Gasteiger partial charge < -0.3 is 9.30 Å². The fourth-order valence-electron chi connectivity index (χ4n) is 2.31. The van der Waals surface area contributed by atoms with Gasteiger partial charge in [-0.05, 0) is 36.4 Å². The molecule has 0 spiro atoms. The first-order chi connectivity index (χ1) is 11.6. The number of benzene rings is 2. The minimum Gasteiger partial charge on any atom is -0.383 e. The Morgan fingerprint density at radius 3 is 2.67 bits per heavy atom. The molecule has 7 heteroatoms. The molecule has 0 aliphatic rings. The Labute approximate surface area is 140 Å². The smallest absolute Gasteiger partial charge is 0.279 e. The number of aromatic nitrogens is 1. The number of thiazole rings is 1. The largest absolute Gasteiger partial charge is 0.383 e. The van der Waals surface area contributed by atoms with Crippen LogP contribution in [-0.4, -0.2) is 24.2 Å². The molecule has 0 aliphatic heterocycles. The van der Waals surface area contributed by atoms with Crippen LogP contribution in [0.5, 0.6) is 0 Å². The van der Waals surface area contributed by atoms with E-state index in [1.54, 1.807) is 23.8 Å². The summed E-state index contributed by atoms with van der Waals surface area (Å²) in [5.41, 5.74) is 0.665. The summed E-state index contributed by atoms with van der Waals surface area (Å²) in [5, 5.41) is 0. The molecule has 3 rings (SSSR count). The average Bonchev–Trinajstić information content (AvgIpc) is 2.92. The van der Waals surface area contributed by atoms with E-state index in [1.165, 1.54) is 41.7 Å². The van der Waals surface area contributed by atoms with Crippen LogP contribution < -0.4 is 4.80 Å². The van der Waals surface area contributed by atoms with Crippen molar-refractivity contribution in [2.24, 2.45) is 4.99 Å². The van der Waals surface area contributed by atoms with Crippen molar-refractivity contribution in [3.8, 4) is 0 Å². The number of methoxy groups -OCH3 is 1. The Hall–Kier alpha value is -2.38. The SMILES string of the molecule is COCCn1c(=NC(=O)c2ccc(F)cc2)sc2cccc(F)c21. The van der Waals surface area contributed by atoms with E-state index in [9.17, 15) is 13.6 Å². The lowest BCUT2D eigenvalue weighted by atomic mass is 10.2. The third-order valence-corrected chi connectivity index (χ3v) is 4.50. The van der Waals surface area contributed by atoms with Crippen molar-refractivity contribution in [1.29, 1.82) is 0 Å². The van der Waals surface area contributed by atoms with E-state index in [1.807, 2.05) is 0 Å². The summed E-state index contributed by atoms with van der Waals surface area (Å²) in [4.78, 5) is 16.8. The molecule has 0 unspecified atom stereocenters. The lowest BCUT2D eigenvalue weighted by Gasteiger charge is -2.04. The summed E-state index contributed by atoms with van der Waals surface area (Å²) in [7, 11) is 1.55. The quantitative estimate of drug-likeness (QED) is 0.726. The van der Waals surface area contributed by atoms with Crippen molar-refractivity contribution >= 4 is 27.5 Å². The van der Waals surface area contributed by atoms with Crippen LogP contribution in [0.25, 0.3) is 10.2 Å². The van der Waals surface area contributed by atoms with Crippen molar-refractivity contribution in [2.45, 2.75) is 6.54 Å². The zero-order chi connectivity index (χ0) is 17.1. The Kier molecular flexibility index (Phi) is 4.82. The molecule has 0 atom stereocenters. The summed E-state index contributed by atoms with van der Waals surface area (Å²) in [6.07, 6.45) is 0. The number of carbonyl (C=O) groups excluding carboxylic acids is 1. The molecular formula is C17H14F2N2O2S. The zero-order valence-electron chi connectivity index (χ0n) is 12.8. The number of nitrogens with zero attached hydrogens (tertiary/aromatic N) is 2. The summed E-state index contributed by atoms with van der Waals surface area (Å²) in [6.45, 7) is 0.727. The van der Waals surface area contributed by atoms with Crippen LogP contribution in [0.2, 0.25) is 0 Å². The maximum Gasteiger partial charge on any atom is 0.279 e. The van der Waals surface area contributed by atoms with Crippen LogP contribution in [0.15, 0.2) is 47.5 Å². The number of fused-ring (bicyclic) bond motifs is 1. The van der Waals surface area contributed by atoms with Gasteiger partial charge in [-0.2, -0.15) is 4.99 Å². The second-order valence-corrected chi connectivity index (χ2v) is 6.05. The zero-order valence-corrected chi connectivity index (χ0v) is 13.6. The molecule has 4 nitrogen and oxygen atoms in total. The number of carbonyl (C=O) groups is 1. The molecule has 1 aromatic heterocycles. The molecule has 0 fully saturated rings. The molecule has 0 saturated carbocycles. The van der Waals surface area contributed by atoms with E-state index >= 15 is 0 Å². The molecule has 24 heavy (non-hydrogen) atoms. The molecule has 2 aromatic carbocycles. The van der Waals surface area contributed by atoms with E-state index in [0.29, 0.717) is 28.2 Å². The maximum atomic E-state index is 14.2. The Morgan fingerprint density at radius 1 is 1.21 bits per heavy atom. The van der Waals surface area contributed by atoms with E-state index in [-0.39, 0.29) is 11.4 Å². The van der Waals surface area contributed by atoms with Crippen LogP contribution in [-0.2, 0) is 11.3 Å². The van der Waals surface area contributed by atoms with Crippen LogP contribution >= 0.6 is 11.3 Å². The molecule has 1 heterocycles. The highest BCUT2D eigenvalue weighted by atomic mass is 32.1. The van der Waals surface area contributed by atoms with Crippen LogP contribution in [0, 0.1) is 11.6 Å². The summed E-state index contributed by atoms with van der Waals surface area (Å²) < 4.78 is 34.5. The predicted molar refractivity (Wildman–Crippen MR) is 87.9 cm³/mol. The molecular weight excluding hydrogens is 334 g/mol. The minimum atomic E-state index is -0.506. The topological polar surface area (TPSA) is 43.6 Å². The number of hydrogen-bond donors (Lipinski definition) is 0. The van der Waals surface area contributed by atoms with Gasteiger partial charge in [-0.25, -0.2) is 8.78 Å². The predicted octanol–water partition coefficient (Wildman–Crippen LogP) is 3.37. The molecule has 0 saturated heterocycles. The minimum absolute atomic E-state index is 0.271. The molecule has 124 valence electrons. The molecule has 0 bridgehead atoms. The first-order valence-corrected chi connectivity index (χ1v) is 8.03. The van der Waals surface area contributed by atoms with Gasteiger partial charge in [-0.15, -0.1) is 0 Å². The fourth-order valence-corrected chi connectivity index (χ4v) is 3.38. The van der Waals surface area contributed by atoms with Crippen molar-refractivity contribution < 1.29 is 18.3 Å². The van der Waals surface area contributed by atoms with Crippen LogP contribution in [0.4, 0.5) is 8.78 Å². The van der Waals surface area contributed by atoms with Gasteiger partial charge in [0, 0.05) is 19.2 Å². The summed E-state index contributed by atoms with van der Waals surface area (Å²) in [5.74, 6) is -1.31. The van der Waals surface area contributed by atoms with Gasteiger partial charge in [0.05, 0.1) is 16.8 Å². The molecule has 1 amide bonds. The lowest BCUT2D eigenvalue weighted by Crippen LogP contribution is -2.19. The van der Waals surface area contributed by atoms with E-state index in [0.717, 1.165) is 0 Å². The van der Waals surface area contributed by atoms with E-state index in [4.69, 9.17) is 4.74 Å². The molecule has 3 aromatic rings. The first-order valence-electron chi connectivity index (χ1n) is 7.21. The number of halogens is 2. The average molecular weight is 348 g/mol. The first kappa shape index (κ1) is 16.5. The third-order valence-electron chi connectivity index (χ3n) is 3.46. The monoisotopic (exact) mass is 348 g/mol. The van der Waals surface area contributed by atoms with Gasteiger partial charge >= 0.3 is 0 Å². The standard InChI is InChI=1S/C17H14F2N2O2S/c1-23-10-9-21-15-13(19)3-2-4-14(15)24-17(21)20-16(22)11-5-7-12(18)8-6-11/h2-8H,9-10H2,1H3. The Balaban J connectivity index is 2.12. The van der Waals surface area contributed by atoms with Gasteiger partial charge in [0.1, 0.15) is 11.6 Å². The summed E-state index contributed by atoms with van der Waals surface area (Å²) >= 11 is 1.22. The maximum absolute atomic E-state index is 14.2. The van der Waals surface area contributed by atoms with E-state index < -0.39 is 11.7 Å². The van der Waals surface area contributed by atoms with Crippen molar-refractivity contribution in [2.75, 3.05) is 13.7 Å². The molecule has 0 N–H and O–H groups in total. The van der Waals surface area contributed by atoms with Crippen molar-refractivity contribution in [1.82, 2.24) is 4.57 Å². The van der Waals surface area contributed by atoms with Gasteiger partial charge in [-0.1, -0.05) is 17.4 Å². The highest BCUT2D eigenvalue weighted by Gasteiger charge is 2.12. The lowest BCUT2D eigenvalue weighted by molar-refractivity contribution is 0.0997. The normalized spacial score (nSPS) is 12.0. The Morgan fingerprint density at radius 2 is 1.96 bits per heavy atom. The fraction of sp³-hybridized carbons (Fsp3) is 0.176. The highest BCUT2D eigenvalue weighted by Crippen LogP contribution is 2.20. The van der Waals surface area contributed by atoms with Gasteiger partial charge in [-0.3, -0.25) is 4.79 Å². The number of amides is 1. The van der Waals surface area contributed by atoms with Gasteiger partial charge in [0.15, 0.2) is 4.80 Å². The van der Waals surface area contributed by atoms with Crippen molar-refractivity contribution in [3.63, 3.8) is 0 Å². The second kappa shape index (κ2) is 7.02. The van der Waals surface area contributed by atoms with Gasteiger partial charge in [0.25, 0.3) is 5.91 Å². The number of para-hydroxylation sites is 1. The summed E-state index contributed by atoms with van der Waals surface area (Å²) in [6, 6.07) is 9.89. The van der Waals surface area contributed by atoms with Crippen molar-refractivity contribution in [3.05, 3.63) is 64.5 Å². The van der Waals surface area contributed by atoms with E-state index in [2.05, 4.69) is 4.99 Å². The van der Waals surface area contributed by atoms with Gasteiger partial charge in [0.2, 0.25) is 0 Å². The Bertz CT molecular complexity index is 945. The molecule has 0 aliphatic carbocycles. The third kappa shape index (κ3) is 3.27. The number of hydrogen-bond acceptors (Lipinski definition) is 3. The number of rotatable bonds is 4. The second-order valence-electron chi connectivity index (χ2n) is 5.04. The van der Waals surface area contributed by atoms with Crippen LogP contribution in [0.3, 0.4) is 0 Å².